The van der Waals surface area contributed by atoms with Crippen LogP contribution in [0.4, 0.5) is 0 Å². The molecule has 4 heteroatoms. The maximum atomic E-state index is 9.51. The van der Waals surface area contributed by atoms with Gasteiger partial charge in [-0.05, 0) is 49.2 Å². The number of aryl methyl sites for hydroxylation is 1. The molecule has 2 aromatic rings. The Labute approximate surface area is 123 Å². The lowest BCUT2D eigenvalue weighted by Gasteiger charge is -2.12. The SMILES string of the molecule is Cc1ccc(C#N)cc1Oc1ccc([C@@H](C)O)cc1Cl. The topological polar surface area (TPSA) is 53.2 Å². The average Bonchev–Trinajstić information content (AvgIpc) is 2.43. The Hall–Kier alpha value is -2.02. The van der Waals surface area contributed by atoms with Gasteiger partial charge in [-0.2, -0.15) is 5.26 Å². The molecule has 0 aliphatic carbocycles. The second-order valence-corrected chi connectivity index (χ2v) is 4.97. The van der Waals surface area contributed by atoms with Crippen LogP contribution in [-0.2, 0) is 0 Å². The summed E-state index contributed by atoms with van der Waals surface area (Å²) in [7, 11) is 0. The molecule has 1 N–H and O–H groups in total. The van der Waals surface area contributed by atoms with E-state index in [1.807, 2.05) is 13.0 Å². The van der Waals surface area contributed by atoms with E-state index in [0.29, 0.717) is 22.1 Å². The number of hydrogen-bond acceptors (Lipinski definition) is 3. The highest BCUT2D eigenvalue weighted by molar-refractivity contribution is 6.32. The van der Waals surface area contributed by atoms with E-state index in [1.165, 1.54) is 0 Å². The summed E-state index contributed by atoms with van der Waals surface area (Å²) in [5, 5.41) is 18.8. The summed E-state index contributed by atoms with van der Waals surface area (Å²) in [6, 6.07) is 12.5. The molecule has 1 atom stereocenters. The Kier molecular flexibility index (Phi) is 4.29. The molecule has 0 heterocycles. The van der Waals surface area contributed by atoms with Crippen molar-refractivity contribution >= 4 is 11.6 Å². The van der Waals surface area contributed by atoms with Crippen molar-refractivity contribution in [2.45, 2.75) is 20.0 Å². The quantitative estimate of drug-likeness (QED) is 0.912. The van der Waals surface area contributed by atoms with Crippen LogP contribution in [0.2, 0.25) is 5.02 Å². The van der Waals surface area contributed by atoms with Crippen molar-refractivity contribution in [1.29, 1.82) is 5.26 Å². The Morgan fingerprint density at radius 2 is 1.95 bits per heavy atom. The van der Waals surface area contributed by atoms with Crippen LogP contribution in [-0.4, -0.2) is 5.11 Å². The van der Waals surface area contributed by atoms with Gasteiger partial charge in [-0.15, -0.1) is 0 Å². The summed E-state index contributed by atoms with van der Waals surface area (Å²) < 4.78 is 5.75. The van der Waals surface area contributed by atoms with E-state index in [1.54, 1.807) is 37.3 Å². The van der Waals surface area contributed by atoms with E-state index >= 15 is 0 Å². The number of aliphatic hydroxyl groups is 1. The van der Waals surface area contributed by atoms with Crippen molar-refractivity contribution in [2.75, 3.05) is 0 Å². The first-order valence-corrected chi connectivity index (χ1v) is 6.55. The molecule has 0 aromatic heterocycles. The summed E-state index contributed by atoms with van der Waals surface area (Å²) in [5.41, 5.74) is 2.17. The highest BCUT2D eigenvalue weighted by Gasteiger charge is 2.09. The van der Waals surface area contributed by atoms with E-state index in [9.17, 15) is 5.11 Å². The molecule has 3 nitrogen and oxygen atoms in total. The lowest BCUT2D eigenvalue weighted by molar-refractivity contribution is 0.199. The summed E-state index contributed by atoms with van der Waals surface area (Å²) in [4.78, 5) is 0. The van der Waals surface area contributed by atoms with E-state index in [2.05, 4.69) is 6.07 Å². The van der Waals surface area contributed by atoms with Gasteiger partial charge in [-0.25, -0.2) is 0 Å². The van der Waals surface area contributed by atoms with Crippen LogP contribution in [0.3, 0.4) is 0 Å². The second-order valence-electron chi connectivity index (χ2n) is 4.56. The minimum absolute atomic E-state index is 0.421. The van der Waals surface area contributed by atoms with Crippen LogP contribution in [0.15, 0.2) is 36.4 Å². The monoisotopic (exact) mass is 287 g/mol. The Balaban J connectivity index is 2.33. The van der Waals surface area contributed by atoms with Gasteiger partial charge in [-0.1, -0.05) is 23.7 Å². The highest BCUT2D eigenvalue weighted by atomic mass is 35.5. The molecule has 0 amide bonds. The minimum Gasteiger partial charge on any atom is -0.455 e. The summed E-state index contributed by atoms with van der Waals surface area (Å²) >= 11 is 6.15. The number of rotatable bonds is 3. The number of aliphatic hydroxyl groups excluding tert-OH is 1. The molecule has 0 saturated heterocycles. The Morgan fingerprint density at radius 1 is 1.20 bits per heavy atom. The minimum atomic E-state index is -0.579. The van der Waals surface area contributed by atoms with Crippen molar-refractivity contribution < 1.29 is 9.84 Å². The zero-order valence-electron chi connectivity index (χ0n) is 11.2. The van der Waals surface area contributed by atoms with Crippen molar-refractivity contribution in [3.63, 3.8) is 0 Å². The first-order chi connectivity index (χ1) is 9.51. The van der Waals surface area contributed by atoms with E-state index < -0.39 is 6.10 Å². The maximum Gasteiger partial charge on any atom is 0.146 e. The third-order valence-electron chi connectivity index (χ3n) is 2.98. The number of nitrogens with zero attached hydrogens (tertiary/aromatic N) is 1. The van der Waals surface area contributed by atoms with Crippen molar-refractivity contribution in [1.82, 2.24) is 0 Å². The van der Waals surface area contributed by atoms with Crippen LogP contribution >= 0.6 is 11.6 Å². The van der Waals surface area contributed by atoms with Crippen LogP contribution in [0.25, 0.3) is 0 Å². The molecule has 0 fully saturated rings. The van der Waals surface area contributed by atoms with Crippen LogP contribution in [0.5, 0.6) is 11.5 Å². The zero-order chi connectivity index (χ0) is 14.7. The van der Waals surface area contributed by atoms with Crippen molar-refractivity contribution in [2.24, 2.45) is 0 Å². The van der Waals surface area contributed by atoms with Crippen molar-refractivity contribution in [3.05, 3.63) is 58.1 Å². The van der Waals surface area contributed by atoms with E-state index in [-0.39, 0.29) is 0 Å². The third-order valence-corrected chi connectivity index (χ3v) is 3.27. The fourth-order valence-electron chi connectivity index (χ4n) is 1.76. The predicted octanol–water partition coefficient (Wildman–Crippen LogP) is 4.37. The molecule has 0 unspecified atom stereocenters. The van der Waals surface area contributed by atoms with Gasteiger partial charge in [0.1, 0.15) is 11.5 Å². The molecule has 0 spiro atoms. The second kappa shape index (κ2) is 5.96. The number of halogens is 1. The number of nitriles is 1. The standard InChI is InChI=1S/C16H14ClNO2/c1-10-3-4-12(9-18)7-16(10)20-15-6-5-13(11(2)19)8-14(15)17/h3-8,11,19H,1-2H3/t11-/m1/s1. The van der Waals surface area contributed by atoms with Gasteiger partial charge in [0.15, 0.2) is 0 Å². The first-order valence-electron chi connectivity index (χ1n) is 6.17. The molecular weight excluding hydrogens is 274 g/mol. The largest absolute Gasteiger partial charge is 0.455 e. The number of benzene rings is 2. The molecule has 102 valence electrons. The zero-order valence-corrected chi connectivity index (χ0v) is 12.0. The normalized spacial score (nSPS) is 11.8. The lowest BCUT2D eigenvalue weighted by atomic mass is 10.1. The first kappa shape index (κ1) is 14.4. The molecule has 0 aliphatic heterocycles. The van der Waals surface area contributed by atoms with Crippen LogP contribution in [0.1, 0.15) is 29.7 Å². The maximum absolute atomic E-state index is 9.51. The van der Waals surface area contributed by atoms with Crippen molar-refractivity contribution in [3.8, 4) is 17.6 Å². The molecule has 2 rings (SSSR count). The van der Waals surface area contributed by atoms with Gasteiger partial charge < -0.3 is 9.84 Å². The van der Waals surface area contributed by atoms with Gasteiger partial charge in [0.25, 0.3) is 0 Å². The average molecular weight is 288 g/mol. The smallest absolute Gasteiger partial charge is 0.146 e. The molecular formula is C16H14ClNO2. The Morgan fingerprint density at radius 3 is 2.55 bits per heavy atom. The fourth-order valence-corrected chi connectivity index (χ4v) is 1.99. The van der Waals surface area contributed by atoms with Gasteiger partial charge in [-0.3, -0.25) is 0 Å². The van der Waals surface area contributed by atoms with Crippen LogP contribution in [0, 0.1) is 18.3 Å². The van der Waals surface area contributed by atoms with Gasteiger partial charge >= 0.3 is 0 Å². The molecule has 0 aliphatic rings. The molecule has 0 saturated carbocycles. The van der Waals surface area contributed by atoms with E-state index in [4.69, 9.17) is 21.6 Å². The van der Waals surface area contributed by atoms with Crippen LogP contribution < -0.4 is 4.74 Å². The van der Waals surface area contributed by atoms with E-state index in [0.717, 1.165) is 11.1 Å². The Bertz CT molecular complexity index is 675. The van der Waals surface area contributed by atoms with Gasteiger partial charge in [0.2, 0.25) is 0 Å². The summed E-state index contributed by atoms with van der Waals surface area (Å²) in [6.45, 7) is 3.57. The molecule has 0 radical (unpaired) electrons. The highest BCUT2D eigenvalue weighted by Crippen LogP contribution is 2.33. The third kappa shape index (κ3) is 3.11. The predicted molar refractivity (Wildman–Crippen MR) is 78.1 cm³/mol. The summed E-state index contributed by atoms with van der Waals surface area (Å²) in [5.74, 6) is 1.09. The van der Waals surface area contributed by atoms with Gasteiger partial charge in [0, 0.05) is 0 Å². The molecule has 0 bridgehead atoms. The molecule has 2 aromatic carbocycles. The number of hydrogen-bond donors (Lipinski definition) is 1. The lowest BCUT2D eigenvalue weighted by Crippen LogP contribution is -1.93. The molecule has 20 heavy (non-hydrogen) atoms. The fraction of sp³-hybridized carbons (Fsp3) is 0.188. The van der Waals surface area contributed by atoms with Gasteiger partial charge in [0.05, 0.1) is 22.8 Å². The summed E-state index contributed by atoms with van der Waals surface area (Å²) in [6.07, 6.45) is -0.579. The number of ether oxygens (including phenoxy) is 1.